The Labute approximate surface area is 117 Å². The van der Waals surface area contributed by atoms with Gasteiger partial charge in [-0.1, -0.05) is 34.1 Å². The minimum Gasteiger partial charge on any atom is -0.391 e. The van der Waals surface area contributed by atoms with Gasteiger partial charge in [0.2, 0.25) is 5.91 Å². The third-order valence-corrected chi connectivity index (χ3v) is 3.70. The zero-order chi connectivity index (χ0) is 14.5. The number of carbonyl (C=O) groups is 1. The highest BCUT2D eigenvalue weighted by Gasteiger charge is 2.39. The largest absolute Gasteiger partial charge is 0.391 e. The van der Waals surface area contributed by atoms with Crippen LogP contribution in [-0.2, 0) is 4.79 Å². The van der Waals surface area contributed by atoms with Gasteiger partial charge in [0.05, 0.1) is 11.6 Å². The van der Waals surface area contributed by atoms with Crippen molar-refractivity contribution in [3.05, 3.63) is 0 Å². The molecular weight excluding hydrogens is 240 g/mol. The maximum Gasteiger partial charge on any atom is 0.240 e. The lowest BCUT2D eigenvalue weighted by molar-refractivity contribution is -0.128. The molecular formula is C15H30N2O2. The molecule has 1 saturated heterocycles. The van der Waals surface area contributed by atoms with Gasteiger partial charge in [0.1, 0.15) is 0 Å². The lowest BCUT2D eigenvalue weighted by atomic mass is 9.88. The van der Waals surface area contributed by atoms with Gasteiger partial charge < -0.3 is 15.7 Å². The van der Waals surface area contributed by atoms with E-state index in [1.807, 2.05) is 0 Å². The van der Waals surface area contributed by atoms with E-state index in [-0.39, 0.29) is 11.3 Å². The molecule has 0 aromatic heterocycles. The molecule has 0 aliphatic carbocycles. The van der Waals surface area contributed by atoms with Crippen molar-refractivity contribution < 1.29 is 9.90 Å². The van der Waals surface area contributed by atoms with Crippen molar-refractivity contribution in [2.75, 3.05) is 13.1 Å². The van der Waals surface area contributed by atoms with Crippen LogP contribution in [0.2, 0.25) is 0 Å². The average molecular weight is 270 g/mol. The van der Waals surface area contributed by atoms with Crippen molar-refractivity contribution in [1.82, 2.24) is 10.6 Å². The summed E-state index contributed by atoms with van der Waals surface area (Å²) in [6, 6.07) is 0. The van der Waals surface area contributed by atoms with Gasteiger partial charge in [0, 0.05) is 6.54 Å². The maximum absolute atomic E-state index is 12.3. The lowest BCUT2D eigenvalue weighted by Crippen LogP contribution is -2.54. The minimum atomic E-state index is -0.468. The third-order valence-electron chi connectivity index (χ3n) is 3.70. The highest BCUT2D eigenvalue weighted by atomic mass is 16.3. The van der Waals surface area contributed by atoms with Gasteiger partial charge in [-0.05, 0) is 37.6 Å². The van der Waals surface area contributed by atoms with Gasteiger partial charge in [-0.2, -0.15) is 0 Å². The van der Waals surface area contributed by atoms with E-state index in [9.17, 15) is 9.90 Å². The number of rotatable bonds is 6. The SMILES string of the molecule is CCCC1(C(=O)NCC(O)CC(C)(C)C)CCCN1. The van der Waals surface area contributed by atoms with Gasteiger partial charge in [-0.3, -0.25) is 4.79 Å². The number of aliphatic hydroxyl groups excluding tert-OH is 1. The van der Waals surface area contributed by atoms with Gasteiger partial charge >= 0.3 is 0 Å². The Morgan fingerprint density at radius 2 is 2.16 bits per heavy atom. The van der Waals surface area contributed by atoms with Crippen molar-refractivity contribution in [1.29, 1.82) is 0 Å². The van der Waals surface area contributed by atoms with E-state index in [1.165, 1.54) is 0 Å². The summed E-state index contributed by atoms with van der Waals surface area (Å²) in [4.78, 5) is 12.3. The van der Waals surface area contributed by atoms with Crippen LogP contribution in [0.4, 0.5) is 0 Å². The molecule has 1 aliphatic heterocycles. The van der Waals surface area contributed by atoms with Crippen LogP contribution in [0.25, 0.3) is 0 Å². The smallest absolute Gasteiger partial charge is 0.240 e. The molecule has 0 saturated carbocycles. The second-order valence-corrected chi connectivity index (χ2v) is 6.99. The Bertz CT molecular complexity index is 291. The van der Waals surface area contributed by atoms with E-state index in [0.29, 0.717) is 13.0 Å². The van der Waals surface area contributed by atoms with Gasteiger partial charge in [0.15, 0.2) is 0 Å². The van der Waals surface area contributed by atoms with Crippen molar-refractivity contribution >= 4 is 5.91 Å². The maximum atomic E-state index is 12.3. The number of carbonyl (C=O) groups excluding carboxylic acids is 1. The molecule has 1 rings (SSSR count). The van der Waals surface area contributed by atoms with Crippen molar-refractivity contribution in [2.24, 2.45) is 5.41 Å². The van der Waals surface area contributed by atoms with Crippen LogP contribution in [0.5, 0.6) is 0 Å². The normalized spacial score (nSPS) is 25.3. The fourth-order valence-corrected chi connectivity index (χ4v) is 2.91. The second kappa shape index (κ2) is 6.71. The van der Waals surface area contributed by atoms with E-state index < -0.39 is 11.6 Å². The molecule has 0 aromatic rings. The standard InChI is InChI=1S/C15H30N2O2/c1-5-7-15(8-6-9-17-15)13(19)16-11-12(18)10-14(2,3)4/h12,17-18H,5-11H2,1-4H3,(H,16,19). The molecule has 0 aromatic carbocycles. The number of amides is 1. The summed E-state index contributed by atoms with van der Waals surface area (Å²) in [5.41, 5.74) is -0.312. The average Bonchev–Trinajstić information content (AvgIpc) is 2.74. The molecule has 1 fully saturated rings. The minimum absolute atomic E-state index is 0.0554. The molecule has 1 amide bonds. The molecule has 2 atom stereocenters. The number of aliphatic hydroxyl groups is 1. The molecule has 1 aliphatic rings. The summed E-state index contributed by atoms with van der Waals surface area (Å²) < 4.78 is 0. The molecule has 1 heterocycles. The summed E-state index contributed by atoms with van der Waals surface area (Å²) >= 11 is 0. The fourth-order valence-electron chi connectivity index (χ4n) is 2.91. The van der Waals surface area contributed by atoms with Crippen LogP contribution in [0, 0.1) is 5.41 Å². The van der Waals surface area contributed by atoms with Gasteiger partial charge in [0.25, 0.3) is 0 Å². The van der Waals surface area contributed by atoms with Crippen LogP contribution < -0.4 is 10.6 Å². The predicted octanol–water partition coefficient (Wildman–Crippen LogP) is 1.82. The first-order chi connectivity index (χ1) is 8.79. The Morgan fingerprint density at radius 3 is 2.63 bits per heavy atom. The molecule has 112 valence electrons. The first kappa shape index (κ1) is 16.4. The molecule has 0 spiro atoms. The number of hydrogen-bond acceptors (Lipinski definition) is 3. The lowest BCUT2D eigenvalue weighted by Gasteiger charge is -2.29. The Balaban J connectivity index is 2.45. The predicted molar refractivity (Wildman–Crippen MR) is 78.0 cm³/mol. The highest BCUT2D eigenvalue weighted by molar-refractivity contribution is 5.86. The molecule has 3 N–H and O–H groups in total. The zero-order valence-corrected chi connectivity index (χ0v) is 12.9. The summed E-state index contributed by atoms with van der Waals surface area (Å²) in [5.74, 6) is 0.0554. The quantitative estimate of drug-likeness (QED) is 0.690. The Hall–Kier alpha value is -0.610. The van der Waals surface area contributed by atoms with Crippen molar-refractivity contribution in [3.8, 4) is 0 Å². The third kappa shape index (κ3) is 5.11. The molecule has 4 nitrogen and oxygen atoms in total. The van der Waals surface area contributed by atoms with Crippen molar-refractivity contribution in [2.45, 2.75) is 71.4 Å². The van der Waals surface area contributed by atoms with Crippen LogP contribution in [0.15, 0.2) is 0 Å². The zero-order valence-electron chi connectivity index (χ0n) is 12.9. The number of nitrogens with one attached hydrogen (secondary N) is 2. The molecule has 0 bridgehead atoms. The fraction of sp³-hybridized carbons (Fsp3) is 0.933. The van der Waals surface area contributed by atoms with E-state index >= 15 is 0 Å². The molecule has 0 radical (unpaired) electrons. The van der Waals surface area contributed by atoms with E-state index in [1.54, 1.807) is 0 Å². The van der Waals surface area contributed by atoms with Crippen LogP contribution in [-0.4, -0.2) is 35.7 Å². The summed E-state index contributed by atoms with van der Waals surface area (Å²) in [7, 11) is 0. The summed E-state index contributed by atoms with van der Waals surface area (Å²) in [5, 5.41) is 16.2. The molecule has 2 unspecified atom stereocenters. The molecule has 19 heavy (non-hydrogen) atoms. The highest BCUT2D eigenvalue weighted by Crippen LogP contribution is 2.25. The van der Waals surface area contributed by atoms with E-state index in [0.717, 1.165) is 32.2 Å². The monoisotopic (exact) mass is 270 g/mol. The van der Waals surface area contributed by atoms with Crippen LogP contribution in [0.3, 0.4) is 0 Å². The van der Waals surface area contributed by atoms with Crippen LogP contribution >= 0.6 is 0 Å². The van der Waals surface area contributed by atoms with Gasteiger partial charge in [-0.15, -0.1) is 0 Å². The Morgan fingerprint density at radius 1 is 1.47 bits per heavy atom. The number of hydrogen-bond donors (Lipinski definition) is 3. The summed E-state index contributed by atoms with van der Waals surface area (Å²) in [6.07, 6.45) is 4.05. The molecule has 4 heteroatoms. The first-order valence-corrected chi connectivity index (χ1v) is 7.50. The topological polar surface area (TPSA) is 61.4 Å². The van der Waals surface area contributed by atoms with E-state index in [2.05, 4.69) is 38.3 Å². The summed E-state index contributed by atoms with van der Waals surface area (Å²) in [6.45, 7) is 9.64. The second-order valence-electron chi connectivity index (χ2n) is 6.99. The first-order valence-electron chi connectivity index (χ1n) is 7.50. The van der Waals surface area contributed by atoms with Gasteiger partial charge in [-0.25, -0.2) is 0 Å². The van der Waals surface area contributed by atoms with Crippen LogP contribution in [0.1, 0.15) is 59.8 Å². The van der Waals surface area contributed by atoms with Crippen molar-refractivity contribution in [3.63, 3.8) is 0 Å². The van der Waals surface area contributed by atoms with E-state index in [4.69, 9.17) is 0 Å². The Kier molecular flexibility index (Phi) is 5.81.